The van der Waals surface area contributed by atoms with Crippen molar-refractivity contribution in [3.05, 3.63) is 23.8 Å². The zero-order valence-electron chi connectivity index (χ0n) is 12.8. The highest BCUT2D eigenvalue weighted by Crippen LogP contribution is 2.38. The molecule has 0 radical (unpaired) electrons. The van der Waals surface area contributed by atoms with Crippen LogP contribution in [0.15, 0.2) is 18.2 Å². The number of likely N-dealkylation sites (tertiary alicyclic amines) is 1. The normalized spacial score (nSPS) is 19.7. The highest BCUT2D eigenvalue weighted by molar-refractivity contribution is 7.90. The summed E-state index contributed by atoms with van der Waals surface area (Å²) in [5.74, 6) is 1.75. The second-order valence-electron chi connectivity index (χ2n) is 5.43. The molecule has 1 aliphatic heterocycles. The van der Waals surface area contributed by atoms with Gasteiger partial charge in [-0.2, -0.15) is 0 Å². The molecule has 2 rings (SSSR count). The first-order valence-electron chi connectivity index (χ1n) is 7.08. The van der Waals surface area contributed by atoms with Crippen LogP contribution in [0, 0.1) is 0 Å². The van der Waals surface area contributed by atoms with Crippen LogP contribution >= 0.6 is 0 Å². The predicted octanol–water partition coefficient (Wildman–Crippen LogP) is 1.89. The van der Waals surface area contributed by atoms with E-state index in [0.29, 0.717) is 6.54 Å². The zero-order chi connectivity index (χ0) is 15.5. The van der Waals surface area contributed by atoms with Crippen LogP contribution < -0.4 is 9.47 Å². The van der Waals surface area contributed by atoms with Gasteiger partial charge in [-0.25, -0.2) is 8.42 Å². The topological polar surface area (TPSA) is 55.8 Å². The van der Waals surface area contributed by atoms with Gasteiger partial charge in [-0.05, 0) is 25.5 Å². The van der Waals surface area contributed by atoms with E-state index in [9.17, 15) is 8.42 Å². The van der Waals surface area contributed by atoms with E-state index in [1.165, 1.54) is 6.26 Å². The van der Waals surface area contributed by atoms with Crippen LogP contribution in [0.5, 0.6) is 11.5 Å². The van der Waals surface area contributed by atoms with E-state index in [2.05, 4.69) is 4.90 Å². The smallest absolute Gasteiger partial charge is 0.148 e. The van der Waals surface area contributed by atoms with Gasteiger partial charge in [0.2, 0.25) is 0 Å². The minimum absolute atomic E-state index is 0.196. The lowest BCUT2D eigenvalue weighted by atomic mass is 10.0. The lowest BCUT2D eigenvalue weighted by molar-refractivity contribution is 0.265. The Labute approximate surface area is 126 Å². The van der Waals surface area contributed by atoms with Crippen molar-refractivity contribution >= 4 is 9.84 Å². The minimum atomic E-state index is -2.94. The molecule has 0 N–H and O–H groups in total. The van der Waals surface area contributed by atoms with E-state index in [0.717, 1.165) is 36.4 Å². The summed E-state index contributed by atoms with van der Waals surface area (Å²) < 4.78 is 33.4. The van der Waals surface area contributed by atoms with E-state index < -0.39 is 9.84 Å². The molecule has 0 bridgehead atoms. The Morgan fingerprint density at radius 3 is 2.67 bits per heavy atom. The molecule has 0 aromatic heterocycles. The summed E-state index contributed by atoms with van der Waals surface area (Å²) in [6.07, 6.45) is 3.38. The molecule has 1 fully saturated rings. The van der Waals surface area contributed by atoms with Crippen molar-refractivity contribution in [2.75, 3.05) is 39.3 Å². The van der Waals surface area contributed by atoms with Crippen molar-refractivity contribution in [2.45, 2.75) is 18.9 Å². The molecule has 0 amide bonds. The number of hydrogen-bond donors (Lipinski definition) is 0. The molecule has 1 aromatic rings. The lowest BCUT2D eigenvalue weighted by Crippen LogP contribution is -2.29. The first-order chi connectivity index (χ1) is 9.94. The molecule has 0 spiro atoms. The van der Waals surface area contributed by atoms with Gasteiger partial charge in [0.25, 0.3) is 0 Å². The summed E-state index contributed by atoms with van der Waals surface area (Å²) in [5.41, 5.74) is 1.10. The van der Waals surface area contributed by atoms with Crippen molar-refractivity contribution in [1.29, 1.82) is 0 Å². The van der Waals surface area contributed by atoms with Gasteiger partial charge in [0.05, 0.1) is 20.0 Å². The molecule has 1 aliphatic rings. The molecule has 1 aromatic carbocycles. The summed E-state index contributed by atoms with van der Waals surface area (Å²) in [6.45, 7) is 1.49. The third-order valence-electron chi connectivity index (χ3n) is 3.91. The number of methoxy groups -OCH3 is 2. The lowest BCUT2D eigenvalue weighted by Gasteiger charge is -2.26. The number of hydrogen-bond acceptors (Lipinski definition) is 5. The molecule has 6 heteroatoms. The quantitative estimate of drug-likeness (QED) is 0.803. The standard InChI is InChI=1S/C15H23NO4S/c1-19-12-6-7-13(15(11-12)20-2)14-5-4-8-16(14)9-10-21(3,17)18/h6-7,11,14H,4-5,8-10H2,1-3H3/t14-/m1/s1. The maximum Gasteiger partial charge on any atom is 0.148 e. The molecule has 1 heterocycles. The summed E-state index contributed by atoms with van der Waals surface area (Å²) in [5, 5.41) is 0. The van der Waals surface area contributed by atoms with Crippen LogP contribution in [0.2, 0.25) is 0 Å². The number of benzene rings is 1. The Kier molecular flexibility index (Phi) is 5.11. The van der Waals surface area contributed by atoms with Gasteiger partial charge in [-0.3, -0.25) is 4.90 Å². The third-order valence-corrected chi connectivity index (χ3v) is 4.84. The van der Waals surface area contributed by atoms with Crippen LogP contribution in [0.25, 0.3) is 0 Å². The van der Waals surface area contributed by atoms with E-state index in [4.69, 9.17) is 9.47 Å². The van der Waals surface area contributed by atoms with Crippen molar-refractivity contribution in [3.8, 4) is 11.5 Å². The molecule has 118 valence electrons. The number of rotatable bonds is 6. The Bertz CT molecular complexity index is 585. The van der Waals surface area contributed by atoms with Crippen molar-refractivity contribution in [1.82, 2.24) is 4.90 Å². The molecule has 0 saturated carbocycles. The fourth-order valence-electron chi connectivity index (χ4n) is 2.82. The van der Waals surface area contributed by atoms with Gasteiger partial charge in [-0.15, -0.1) is 0 Å². The van der Waals surface area contributed by atoms with Crippen LogP contribution in [0.4, 0.5) is 0 Å². The maximum absolute atomic E-state index is 11.4. The summed E-state index contributed by atoms with van der Waals surface area (Å²) in [6, 6.07) is 6.03. The second kappa shape index (κ2) is 6.66. The average molecular weight is 313 g/mol. The molecule has 1 saturated heterocycles. The Balaban J connectivity index is 2.19. The molecule has 0 aliphatic carbocycles. The maximum atomic E-state index is 11.4. The van der Waals surface area contributed by atoms with Gasteiger partial charge in [0.15, 0.2) is 0 Å². The van der Waals surface area contributed by atoms with Gasteiger partial charge in [0.1, 0.15) is 21.3 Å². The fraction of sp³-hybridized carbons (Fsp3) is 0.600. The molecule has 21 heavy (non-hydrogen) atoms. The first kappa shape index (κ1) is 16.1. The number of nitrogens with zero attached hydrogens (tertiary/aromatic N) is 1. The zero-order valence-corrected chi connectivity index (χ0v) is 13.6. The highest BCUT2D eigenvalue weighted by Gasteiger charge is 2.28. The third kappa shape index (κ3) is 4.11. The van der Waals surface area contributed by atoms with Gasteiger partial charge in [0, 0.05) is 30.5 Å². The van der Waals surface area contributed by atoms with E-state index in [-0.39, 0.29) is 11.8 Å². The number of ether oxygens (including phenoxy) is 2. The van der Waals surface area contributed by atoms with Gasteiger partial charge >= 0.3 is 0 Å². The SMILES string of the molecule is COc1ccc([C@H]2CCCN2CCS(C)(=O)=O)c(OC)c1. The summed E-state index contributed by atoms with van der Waals surface area (Å²) in [4.78, 5) is 2.23. The van der Waals surface area contributed by atoms with Gasteiger partial charge in [-0.1, -0.05) is 6.07 Å². The summed E-state index contributed by atoms with van der Waals surface area (Å²) >= 11 is 0. The highest BCUT2D eigenvalue weighted by atomic mass is 32.2. The van der Waals surface area contributed by atoms with Crippen LogP contribution in [-0.2, 0) is 9.84 Å². The van der Waals surface area contributed by atoms with E-state index >= 15 is 0 Å². The first-order valence-corrected chi connectivity index (χ1v) is 9.14. The second-order valence-corrected chi connectivity index (χ2v) is 7.69. The molecule has 1 atom stereocenters. The molecular weight excluding hydrogens is 290 g/mol. The Hall–Kier alpha value is -1.27. The number of sulfone groups is 1. The summed E-state index contributed by atoms with van der Waals surface area (Å²) in [7, 11) is 0.338. The minimum Gasteiger partial charge on any atom is -0.497 e. The average Bonchev–Trinajstić information content (AvgIpc) is 2.91. The Morgan fingerprint density at radius 1 is 1.29 bits per heavy atom. The predicted molar refractivity (Wildman–Crippen MR) is 82.8 cm³/mol. The van der Waals surface area contributed by atoms with Crippen LogP contribution in [-0.4, -0.2) is 52.6 Å². The monoisotopic (exact) mass is 313 g/mol. The van der Waals surface area contributed by atoms with Gasteiger partial charge < -0.3 is 9.47 Å². The molecule has 0 unspecified atom stereocenters. The fourth-order valence-corrected chi connectivity index (χ4v) is 3.39. The van der Waals surface area contributed by atoms with Crippen molar-refractivity contribution < 1.29 is 17.9 Å². The van der Waals surface area contributed by atoms with Crippen LogP contribution in [0.1, 0.15) is 24.4 Å². The van der Waals surface area contributed by atoms with E-state index in [1.54, 1.807) is 14.2 Å². The van der Waals surface area contributed by atoms with Crippen LogP contribution in [0.3, 0.4) is 0 Å². The van der Waals surface area contributed by atoms with E-state index in [1.807, 2.05) is 18.2 Å². The largest absolute Gasteiger partial charge is 0.497 e. The molecular formula is C15H23NO4S. The Morgan fingerprint density at radius 2 is 2.05 bits per heavy atom. The van der Waals surface area contributed by atoms with Crippen molar-refractivity contribution in [2.24, 2.45) is 0 Å². The molecule has 5 nitrogen and oxygen atoms in total. The van der Waals surface area contributed by atoms with Crippen molar-refractivity contribution in [3.63, 3.8) is 0 Å².